The first-order valence-corrected chi connectivity index (χ1v) is 8.33. The van der Waals surface area contributed by atoms with Gasteiger partial charge in [-0.2, -0.15) is 12.8 Å². The number of nitrogens with zero attached hydrogens (tertiary/aromatic N) is 1. The molecule has 2 aromatic rings. The van der Waals surface area contributed by atoms with Crippen molar-refractivity contribution < 1.29 is 28.5 Å². The minimum atomic E-state index is -4.19. The van der Waals surface area contributed by atoms with Gasteiger partial charge in [-0.15, -0.1) is 0 Å². The fourth-order valence-corrected chi connectivity index (χ4v) is 2.88. The van der Waals surface area contributed by atoms with Crippen molar-refractivity contribution in [3.8, 4) is 11.5 Å². The lowest BCUT2D eigenvalue weighted by atomic mass is 10.0. The Labute approximate surface area is 138 Å². The molecule has 2 rings (SSSR count). The molecule has 24 heavy (non-hydrogen) atoms. The molecule has 3 N–H and O–H groups in total. The molecule has 8 heteroatoms. The van der Waals surface area contributed by atoms with E-state index in [1.807, 2.05) is 0 Å². The van der Waals surface area contributed by atoms with Crippen molar-refractivity contribution in [2.75, 3.05) is 0 Å². The molecule has 0 aromatic heterocycles. The quantitative estimate of drug-likeness (QED) is 0.539. The number of carboxylic acids is 1. The first kappa shape index (κ1) is 17.5. The summed E-state index contributed by atoms with van der Waals surface area (Å²) in [5.41, 5.74) is 0.732. The van der Waals surface area contributed by atoms with Gasteiger partial charge in [-0.25, -0.2) is 0 Å². The zero-order valence-electron chi connectivity index (χ0n) is 12.4. The SMILES string of the molecule is O=C(O)C(C=NS(=O)(=O)c1ccc(O)c(O)c1)Cc1ccccc1. The minimum Gasteiger partial charge on any atom is -0.504 e. The predicted molar refractivity (Wildman–Crippen MR) is 86.7 cm³/mol. The highest BCUT2D eigenvalue weighted by atomic mass is 32.2. The summed E-state index contributed by atoms with van der Waals surface area (Å²) in [6, 6.07) is 11.7. The van der Waals surface area contributed by atoms with E-state index in [9.17, 15) is 28.5 Å². The molecular formula is C16H15NO6S. The topological polar surface area (TPSA) is 124 Å². The van der Waals surface area contributed by atoms with Crippen LogP contribution in [-0.4, -0.2) is 35.9 Å². The molecule has 0 fully saturated rings. The molecule has 0 heterocycles. The summed E-state index contributed by atoms with van der Waals surface area (Å²) in [7, 11) is -4.19. The molecule has 1 unspecified atom stereocenters. The van der Waals surface area contributed by atoms with Crippen LogP contribution in [0, 0.1) is 5.92 Å². The van der Waals surface area contributed by atoms with Crippen molar-refractivity contribution in [2.24, 2.45) is 10.3 Å². The lowest BCUT2D eigenvalue weighted by molar-refractivity contribution is -0.139. The highest BCUT2D eigenvalue weighted by molar-refractivity contribution is 7.90. The fraction of sp³-hybridized carbons (Fsp3) is 0.125. The van der Waals surface area contributed by atoms with Crippen molar-refractivity contribution in [3.63, 3.8) is 0 Å². The van der Waals surface area contributed by atoms with Crippen molar-refractivity contribution in [3.05, 3.63) is 54.1 Å². The highest BCUT2D eigenvalue weighted by Crippen LogP contribution is 2.27. The molecule has 0 saturated carbocycles. The molecule has 0 aliphatic rings. The van der Waals surface area contributed by atoms with Gasteiger partial charge in [-0.05, 0) is 24.1 Å². The van der Waals surface area contributed by atoms with Crippen LogP contribution in [0.2, 0.25) is 0 Å². The Balaban J connectivity index is 2.24. The number of hydrogen-bond donors (Lipinski definition) is 3. The van der Waals surface area contributed by atoms with Crippen LogP contribution in [0.5, 0.6) is 11.5 Å². The number of aliphatic carboxylic acids is 1. The second-order valence-electron chi connectivity index (χ2n) is 5.01. The highest BCUT2D eigenvalue weighted by Gasteiger charge is 2.19. The average Bonchev–Trinajstić information content (AvgIpc) is 2.54. The third kappa shape index (κ3) is 4.32. The summed E-state index contributed by atoms with van der Waals surface area (Å²) in [4.78, 5) is 10.9. The van der Waals surface area contributed by atoms with Crippen LogP contribution in [0.4, 0.5) is 0 Å². The molecule has 2 aromatic carbocycles. The Kier molecular flexibility index (Phi) is 5.20. The number of rotatable bonds is 6. The summed E-state index contributed by atoms with van der Waals surface area (Å²) in [5, 5.41) is 27.8. The van der Waals surface area contributed by atoms with Crippen LogP contribution in [0.15, 0.2) is 57.8 Å². The van der Waals surface area contributed by atoms with Gasteiger partial charge in [0, 0.05) is 12.3 Å². The molecule has 1 atom stereocenters. The van der Waals surface area contributed by atoms with E-state index in [0.717, 1.165) is 30.0 Å². The molecular weight excluding hydrogens is 334 g/mol. The molecule has 7 nitrogen and oxygen atoms in total. The summed E-state index contributed by atoms with van der Waals surface area (Å²) in [5.74, 6) is -3.39. The van der Waals surface area contributed by atoms with Gasteiger partial charge < -0.3 is 15.3 Å². The largest absolute Gasteiger partial charge is 0.504 e. The maximum absolute atomic E-state index is 12.1. The van der Waals surface area contributed by atoms with Crippen LogP contribution in [0.3, 0.4) is 0 Å². The van der Waals surface area contributed by atoms with Crippen LogP contribution >= 0.6 is 0 Å². The number of sulfonamides is 1. The van der Waals surface area contributed by atoms with Crippen molar-refractivity contribution >= 4 is 22.2 Å². The van der Waals surface area contributed by atoms with E-state index in [1.54, 1.807) is 30.3 Å². The molecule has 0 bridgehead atoms. The van der Waals surface area contributed by atoms with Gasteiger partial charge in [0.05, 0.1) is 10.8 Å². The third-order valence-electron chi connectivity index (χ3n) is 3.24. The second kappa shape index (κ2) is 7.14. The van der Waals surface area contributed by atoms with Crippen LogP contribution in [-0.2, 0) is 21.2 Å². The van der Waals surface area contributed by atoms with Crippen LogP contribution in [0.1, 0.15) is 5.56 Å². The van der Waals surface area contributed by atoms with E-state index in [-0.39, 0.29) is 11.3 Å². The minimum absolute atomic E-state index is 0.0933. The van der Waals surface area contributed by atoms with Crippen molar-refractivity contribution in [2.45, 2.75) is 11.3 Å². The van der Waals surface area contributed by atoms with Gasteiger partial charge in [0.25, 0.3) is 10.0 Å². The summed E-state index contributed by atoms with van der Waals surface area (Å²) in [6.07, 6.45) is 0.949. The Morgan fingerprint density at radius 3 is 2.33 bits per heavy atom. The number of carbonyl (C=O) groups is 1. The van der Waals surface area contributed by atoms with E-state index in [4.69, 9.17) is 0 Å². The van der Waals surface area contributed by atoms with Crippen LogP contribution < -0.4 is 0 Å². The second-order valence-corrected chi connectivity index (χ2v) is 6.65. The van der Waals surface area contributed by atoms with Crippen molar-refractivity contribution in [1.82, 2.24) is 0 Å². The number of carboxylic acid groups (broad SMARTS) is 1. The zero-order chi connectivity index (χ0) is 17.7. The van der Waals surface area contributed by atoms with Crippen LogP contribution in [0.25, 0.3) is 0 Å². The number of benzene rings is 2. The van der Waals surface area contributed by atoms with Crippen molar-refractivity contribution in [1.29, 1.82) is 0 Å². The standard InChI is InChI=1S/C16H15NO6S/c18-14-7-6-13(9-15(14)19)24(22,23)17-10-12(16(20)21)8-11-4-2-1-3-5-11/h1-7,9-10,12,18-19H,8H2,(H,20,21). The maximum Gasteiger partial charge on any atom is 0.312 e. The molecule has 0 radical (unpaired) electrons. The van der Waals surface area contributed by atoms with Gasteiger partial charge in [-0.1, -0.05) is 30.3 Å². The lowest BCUT2D eigenvalue weighted by Gasteiger charge is -2.07. The van der Waals surface area contributed by atoms with Gasteiger partial charge in [-0.3, -0.25) is 4.79 Å². The van der Waals surface area contributed by atoms with Gasteiger partial charge in [0.1, 0.15) is 0 Å². The maximum atomic E-state index is 12.1. The fourth-order valence-electron chi connectivity index (χ4n) is 1.95. The van der Waals surface area contributed by atoms with E-state index >= 15 is 0 Å². The lowest BCUT2D eigenvalue weighted by Crippen LogP contribution is -2.18. The normalized spacial score (nSPS) is 13.0. The van der Waals surface area contributed by atoms with E-state index in [1.165, 1.54) is 0 Å². The molecule has 0 amide bonds. The molecule has 0 saturated heterocycles. The van der Waals surface area contributed by atoms with Gasteiger partial charge in [0.2, 0.25) is 0 Å². The first-order chi connectivity index (χ1) is 11.3. The summed E-state index contributed by atoms with van der Waals surface area (Å²) in [6.45, 7) is 0. The zero-order valence-corrected chi connectivity index (χ0v) is 13.2. The summed E-state index contributed by atoms with van der Waals surface area (Å²) >= 11 is 0. The third-order valence-corrected chi connectivity index (χ3v) is 4.49. The summed E-state index contributed by atoms with van der Waals surface area (Å²) < 4.78 is 27.6. The Bertz CT molecular complexity index is 861. The predicted octanol–water partition coefficient (Wildman–Crippen LogP) is 1.80. The smallest absolute Gasteiger partial charge is 0.312 e. The molecule has 0 aliphatic heterocycles. The van der Waals surface area contributed by atoms with Gasteiger partial charge >= 0.3 is 5.97 Å². The Morgan fingerprint density at radius 1 is 1.08 bits per heavy atom. The van der Waals surface area contributed by atoms with E-state index in [2.05, 4.69) is 4.40 Å². The number of phenolic OH excluding ortho intramolecular Hbond substituents is 2. The Hall–Kier alpha value is -2.87. The first-order valence-electron chi connectivity index (χ1n) is 6.89. The van der Waals surface area contributed by atoms with E-state index in [0.29, 0.717) is 0 Å². The number of phenols is 2. The monoisotopic (exact) mass is 349 g/mol. The molecule has 126 valence electrons. The molecule has 0 aliphatic carbocycles. The van der Waals surface area contributed by atoms with Gasteiger partial charge in [0.15, 0.2) is 11.5 Å². The number of aromatic hydroxyl groups is 2. The number of hydrogen-bond acceptors (Lipinski definition) is 5. The molecule has 0 spiro atoms. The van der Waals surface area contributed by atoms with E-state index < -0.39 is 33.4 Å². The average molecular weight is 349 g/mol. The Morgan fingerprint density at radius 2 is 1.75 bits per heavy atom.